The Morgan fingerprint density at radius 1 is 0.955 bits per heavy atom. The van der Waals surface area contributed by atoms with Gasteiger partial charge in [0.05, 0.1) is 21.3 Å². The molecular formula is C15H10Cl2N2O2S. The van der Waals surface area contributed by atoms with Gasteiger partial charge in [-0.25, -0.2) is 18.5 Å². The molecular weight excluding hydrogens is 343 g/mol. The van der Waals surface area contributed by atoms with Gasteiger partial charge in [0.2, 0.25) is 10.0 Å². The summed E-state index contributed by atoms with van der Waals surface area (Å²) < 4.78 is 23.9. The number of para-hydroxylation sites is 1. The summed E-state index contributed by atoms with van der Waals surface area (Å²) in [6, 6.07) is 13.4. The lowest BCUT2D eigenvalue weighted by atomic mass is 10.1. The van der Waals surface area contributed by atoms with Gasteiger partial charge >= 0.3 is 0 Å². The van der Waals surface area contributed by atoms with Crippen molar-refractivity contribution in [2.24, 2.45) is 5.14 Å². The zero-order valence-electron chi connectivity index (χ0n) is 11.1. The zero-order valence-corrected chi connectivity index (χ0v) is 13.5. The lowest BCUT2D eigenvalue weighted by Crippen LogP contribution is -2.14. The van der Waals surface area contributed by atoms with Gasteiger partial charge in [0.1, 0.15) is 4.90 Å². The number of primary sulfonamides is 1. The van der Waals surface area contributed by atoms with Gasteiger partial charge in [-0.1, -0.05) is 53.5 Å². The van der Waals surface area contributed by atoms with Crippen molar-refractivity contribution in [3.63, 3.8) is 0 Å². The topological polar surface area (TPSA) is 73.1 Å². The molecule has 7 heteroatoms. The number of sulfonamides is 1. The molecule has 0 saturated carbocycles. The number of nitrogens with two attached hydrogens (primary N) is 1. The van der Waals surface area contributed by atoms with Crippen LogP contribution in [0, 0.1) is 0 Å². The minimum Gasteiger partial charge on any atom is -0.245 e. The molecule has 0 aliphatic carbocycles. The van der Waals surface area contributed by atoms with Crippen LogP contribution in [0.1, 0.15) is 0 Å². The number of aromatic nitrogens is 1. The molecule has 0 aliphatic rings. The largest absolute Gasteiger partial charge is 0.245 e. The fourth-order valence-electron chi connectivity index (χ4n) is 2.21. The minimum absolute atomic E-state index is 0.0876. The van der Waals surface area contributed by atoms with Crippen LogP contribution in [0.3, 0.4) is 0 Å². The van der Waals surface area contributed by atoms with Crippen molar-refractivity contribution < 1.29 is 8.42 Å². The molecule has 0 unspecified atom stereocenters. The summed E-state index contributed by atoms with van der Waals surface area (Å²) in [6.45, 7) is 0. The second kappa shape index (κ2) is 5.52. The summed E-state index contributed by atoms with van der Waals surface area (Å²) in [5.41, 5.74) is 1.16. The average molecular weight is 353 g/mol. The van der Waals surface area contributed by atoms with E-state index in [0.717, 1.165) is 0 Å². The Labute approximate surface area is 137 Å². The van der Waals surface area contributed by atoms with E-state index in [2.05, 4.69) is 4.98 Å². The van der Waals surface area contributed by atoms with Gasteiger partial charge < -0.3 is 0 Å². The monoisotopic (exact) mass is 352 g/mol. The van der Waals surface area contributed by atoms with E-state index < -0.39 is 10.0 Å². The van der Waals surface area contributed by atoms with Crippen LogP contribution in [0.25, 0.3) is 22.2 Å². The maximum absolute atomic E-state index is 11.9. The van der Waals surface area contributed by atoms with Gasteiger partial charge in [-0.3, -0.25) is 0 Å². The highest BCUT2D eigenvalue weighted by Gasteiger charge is 2.20. The van der Waals surface area contributed by atoms with Gasteiger partial charge in [0, 0.05) is 10.9 Å². The third kappa shape index (κ3) is 2.68. The fraction of sp³-hybridized carbons (Fsp3) is 0. The molecule has 2 N–H and O–H groups in total. The second-order valence-electron chi connectivity index (χ2n) is 4.67. The van der Waals surface area contributed by atoms with E-state index >= 15 is 0 Å². The van der Waals surface area contributed by atoms with Crippen molar-refractivity contribution in [2.75, 3.05) is 0 Å². The third-order valence-corrected chi connectivity index (χ3v) is 4.76. The van der Waals surface area contributed by atoms with Gasteiger partial charge in [0.25, 0.3) is 0 Å². The molecule has 0 atom stereocenters. The summed E-state index contributed by atoms with van der Waals surface area (Å²) in [5.74, 6) is 0. The first-order valence-electron chi connectivity index (χ1n) is 6.25. The molecule has 0 spiro atoms. The number of hydrogen-bond donors (Lipinski definition) is 1. The van der Waals surface area contributed by atoms with E-state index in [1.807, 2.05) is 0 Å². The number of fused-ring (bicyclic) bond motifs is 1. The van der Waals surface area contributed by atoms with Gasteiger partial charge in [-0.2, -0.15) is 0 Å². The van der Waals surface area contributed by atoms with Gasteiger partial charge in [0.15, 0.2) is 0 Å². The summed E-state index contributed by atoms with van der Waals surface area (Å²) in [6.07, 6.45) is 0. The molecule has 0 radical (unpaired) electrons. The fourth-order valence-corrected chi connectivity index (χ4v) is 3.37. The van der Waals surface area contributed by atoms with Gasteiger partial charge in [-0.05, 0) is 18.2 Å². The van der Waals surface area contributed by atoms with E-state index in [-0.39, 0.29) is 10.6 Å². The highest BCUT2D eigenvalue weighted by molar-refractivity contribution is 7.89. The van der Waals surface area contributed by atoms with Gasteiger partial charge in [-0.15, -0.1) is 0 Å². The SMILES string of the molecule is NS(=O)(=O)c1cc2cccc(Cl)c2nc1-c1ccccc1Cl. The molecule has 3 aromatic rings. The number of pyridine rings is 1. The maximum Gasteiger partial charge on any atom is 0.240 e. The molecule has 22 heavy (non-hydrogen) atoms. The summed E-state index contributed by atoms with van der Waals surface area (Å²) in [5, 5.41) is 6.72. The number of nitrogens with zero attached hydrogens (tertiary/aromatic N) is 1. The molecule has 0 fully saturated rings. The Hall–Kier alpha value is -1.66. The molecule has 0 aliphatic heterocycles. The van der Waals surface area contributed by atoms with Crippen LogP contribution < -0.4 is 5.14 Å². The Kier molecular flexibility index (Phi) is 3.82. The van der Waals surface area contributed by atoms with E-state index in [9.17, 15) is 8.42 Å². The molecule has 1 aromatic heterocycles. The molecule has 0 amide bonds. The standard InChI is InChI=1S/C15H10Cl2N2O2S/c16-11-6-2-1-5-10(11)15-13(22(18,20)21)8-9-4-3-7-12(17)14(9)19-15/h1-8H,(H2,18,20,21). The predicted octanol–water partition coefficient (Wildman–Crippen LogP) is 3.86. The number of rotatable bonds is 2. The quantitative estimate of drug-likeness (QED) is 0.760. The van der Waals surface area contributed by atoms with E-state index in [1.165, 1.54) is 6.07 Å². The van der Waals surface area contributed by atoms with Crippen molar-refractivity contribution >= 4 is 44.1 Å². The van der Waals surface area contributed by atoms with E-state index in [4.69, 9.17) is 28.3 Å². The van der Waals surface area contributed by atoms with Crippen molar-refractivity contribution in [3.05, 3.63) is 58.6 Å². The summed E-state index contributed by atoms with van der Waals surface area (Å²) in [4.78, 5) is 4.31. The van der Waals surface area contributed by atoms with Crippen molar-refractivity contribution in [3.8, 4) is 11.3 Å². The molecule has 0 bridgehead atoms. The second-order valence-corrected chi connectivity index (χ2v) is 7.02. The van der Waals surface area contributed by atoms with Crippen LogP contribution in [0.2, 0.25) is 10.0 Å². The van der Waals surface area contributed by atoms with Crippen molar-refractivity contribution in [1.29, 1.82) is 0 Å². The molecule has 2 aromatic carbocycles. The lowest BCUT2D eigenvalue weighted by Gasteiger charge is -2.11. The van der Waals surface area contributed by atoms with Crippen LogP contribution in [0.4, 0.5) is 0 Å². The number of benzene rings is 2. The first-order valence-corrected chi connectivity index (χ1v) is 8.55. The minimum atomic E-state index is -3.97. The Morgan fingerprint density at radius 3 is 2.32 bits per heavy atom. The first-order chi connectivity index (χ1) is 10.4. The highest BCUT2D eigenvalue weighted by atomic mass is 35.5. The Morgan fingerprint density at radius 2 is 1.64 bits per heavy atom. The smallest absolute Gasteiger partial charge is 0.240 e. The van der Waals surface area contributed by atoms with Crippen LogP contribution in [-0.4, -0.2) is 13.4 Å². The summed E-state index contributed by atoms with van der Waals surface area (Å²) in [7, 11) is -3.97. The lowest BCUT2D eigenvalue weighted by molar-refractivity contribution is 0.598. The summed E-state index contributed by atoms with van der Waals surface area (Å²) >= 11 is 12.3. The van der Waals surface area contributed by atoms with Crippen LogP contribution in [0.15, 0.2) is 53.4 Å². The highest BCUT2D eigenvalue weighted by Crippen LogP contribution is 2.34. The van der Waals surface area contributed by atoms with Crippen LogP contribution in [0.5, 0.6) is 0 Å². The molecule has 4 nitrogen and oxygen atoms in total. The number of hydrogen-bond acceptors (Lipinski definition) is 3. The third-order valence-electron chi connectivity index (χ3n) is 3.20. The van der Waals surface area contributed by atoms with Crippen molar-refractivity contribution in [2.45, 2.75) is 4.90 Å². The first kappa shape index (κ1) is 15.2. The Balaban J connectivity index is 2.46. The molecule has 112 valence electrons. The predicted molar refractivity (Wildman–Crippen MR) is 88.6 cm³/mol. The van der Waals surface area contributed by atoms with Crippen LogP contribution in [-0.2, 0) is 10.0 Å². The molecule has 1 heterocycles. The van der Waals surface area contributed by atoms with E-state index in [1.54, 1.807) is 42.5 Å². The van der Waals surface area contributed by atoms with Crippen molar-refractivity contribution in [1.82, 2.24) is 4.98 Å². The zero-order chi connectivity index (χ0) is 15.9. The molecule has 0 saturated heterocycles. The molecule has 3 rings (SSSR count). The Bertz CT molecular complexity index is 988. The number of halogens is 2. The normalized spacial score (nSPS) is 11.8. The maximum atomic E-state index is 11.9. The van der Waals surface area contributed by atoms with Crippen LogP contribution >= 0.6 is 23.2 Å². The average Bonchev–Trinajstić information content (AvgIpc) is 2.46. The van der Waals surface area contributed by atoms with E-state index in [0.29, 0.717) is 26.5 Å².